The lowest BCUT2D eigenvalue weighted by molar-refractivity contribution is 0.189. The summed E-state index contributed by atoms with van der Waals surface area (Å²) in [4.78, 5) is 10.9. The summed E-state index contributed by atoms with van der Waals surface area (Å²) in [5.41, 5.74) is 1.77. The monoisotopic (exact) mass is 273 g/mol. The van der Waals surface area contributed by atoms with Gasteiger partial charge in [-0.2, -0.15) is 0 Å². The van der Waals surface area contributed by atoms with Crippen LogP contribution in [-0.4, -0.2) is 11.2 Å². The van der Waals surface area contributed by atoms with Crippen molar-refractivity contribution in [2.24, 2.45) is 0 Å². The fourth-order valence-corrected chi connectivity index (χ4v) is 2.16. The zero-order valence-electron chi connectivity index (χ0n) is 10.9. The van der Waals surface area contributed by atoms with Crippen molar-refractivity contribution < 1.29 is 14.3 Å². The maximum absolute atomic E-state index is 13.1. The molecule has 0 saturated heterocycles. The summed E-state index contributed by atoms with van der Waals surface area (Å²) < 4.78 is 13.1. The molecule has 0 heterocycles. The molecule has 1 atom stereocenters. The topological polar surface area (TPSA) is 49.3 Å². The highest BCUT2D eigenvalue weighted by Gasteiger charge is 2.13. The molecule has 0 bridgehead atoms. The van der Waals surface area contributed by atoms with Crippen LogP contribution in [-0.2, 0) is 6.42 Å². The van der Waals surface area contributed by atoms with Gasteiger partial charge in [0.2, 0.25) is 0 Å². The van der Waals surface area contributed by atoms with E-state index in [-0.39, 0.29) is 11.9 Å². The van der Waals surface area contributed by atoms with E-state index in [9.17, 15) is 9.18 Å². The second kappa shape index (κ2) is 6.70. The maximum Gasteiger partial charge on any atom is 0.405 e. The minimum absolute atomic E-state index is 0.273. The molecule has 1 unspecified atom stereocenters. The van der Waals surface area contributed by atoms with E-state index in [2.05, 4.69) is 5.32 Å². The predicted octanol–water partition coefficient (Wildman–Crippen LogP) is 3.77. The molecule has 2 N–H and O–H groups in total. The van der Waals surface area contributed by atoms with Crippen LogP contribution in [0.1, 0.15) is 23.6 Å². The predicted molar refractivity (Wildman–Crippen MR) is 75.1 cm³/mol. The van der Waals surface area contributed by atoms with E-state index in [1.54, 1.807) is 6.07 Å². The summed E-state index contributed by atoms with van der Waals surface area (Å²) in [6.07, 6.45) is 0.135. The van der Waals surface area contributed by atoms with Crippen LogP contribution in [0, 0.1) is 5.82 Å². The molecular formula is C16H16FNO2. The van der Waals surface area contributed by atoms with Gasteiger partial charge >= 0.3 is 6.09 Å². The molecule has 0 aromatic heterocycles. The molecule has 0 aliphatic heterocycles. The Morgan fingerprint density at radius 1 is 1.15 bits per heavy atom. The second-order valence-corrected chi connectivity index (χ2v) is 4.58. The van der Waals surface area contributed by atoms with Crippen LogP contribution in [0.15, 0.2) is 54.6 Å². The Morgan fingerprint density at radius 3 is 2.55 bits per heavy atom. The fourth-order valence-electron chi connectivity index (χ4n) is 2.16. The largest absolute Gasteiger partial charge is 0.465 e. The number of aryl methyl sites for hydroxylation is 1. The summed E-state index contributed by atoms with van der Waals surface area (Å²) in [7, 11) is 0. The van der Waals surface area contributed by atoms with Crippen LogP contribution in [0.2, 0.25) is 0 Å². The Morgan fingerprint density at radius 2 is 1.90 bits per heavy atom. The van der Waals surface area contributed by atoms with Crippen LogP contribution in [0.4, 0.5) is 9.18 Å². The summed E-state index contributed by atoms with van der Waals surface area (Å²) in [5.74, 6) is -0.273. The smallest absolute Gasteiger partial charge is 0.405 e. The lowest BCUT2D eigenvalue weighted by Gasteiger charge is -2.17. The maximum atomic E-state index is 13.1. The Balaban J connectivity index is 2.07. The first-order valence-electron chi connectivity index (χ1n) is 6.44. The number of carbonyl (C=O) groups is 1. The molecule has 0 aliphatic carbocycles. The number of nitrogens with one attached hydrogen (secondary N) is 1. The van der Waals surface area contributed by atoms with E-state index in [0.29, 0.717) is 12.8 Å². The van der Waals surface area contributed by atoms with Crippen molar-refractivity contribution in [3.05, 3.63) is 71.5 Å². The lowest BCUT2D eigenvalue weighted by atomic mass is 9.99. The van der Waals surface area contributed by atoms with E-state index in [1.807, 2.05) is 36.4 Å². The van der Waals surface area contributed by atoms with Gasteiger partial charge in [-0.05, 0) is 36.1 Å². The molecule has 2 aromatic rings. The number of benzene rings is 2. The van der Waals surface area contributed by atoms with Gasteiger partial charge in [-0.25, -0.2) is 9.18 Å². The van der Waals surface area contributed by atoms with Gasteiger partial charge in [-0.1, -0.05) is 42.5 Å². The van der Waals surface area contributed by atoms with Crippen molar-refractivity contribution in [3.8, 4) is 0 Å². The molecule has 20 heavy (non-hydrogen) atoms. The number of rotatable bonds is 5. The molecule has 0 aliphatic rings. The molecule has 1 amide bonds. The van der Waals surface area contributed by atoms with Gasteiger partial charge < -0.3 is 10.4 Å². The van der Waals surface area contributed by atoms with Crippen LogP contribution in [0.3, 0.4) is 0 Å². The first-order valence-corrected chi connectivity index (χ1v) is 6.44. The SMILES string of the molecule is O=C(O)NC(CCc1cccc(F)c1)c1ccccc1. The summed E-state index contributed by atoms with van der Waals surface area (Å²) >= 11 is 0. The van der Waals surface area contributed by atoms with E-state index >= 15 is 0 Å². The van der Waals surface area contributed by atoms with Crippen molar-refractivity contribution >= 4 is 6.09 Å². The highest BCUT2D eigenvalue weighted by atomic mass is 19.1. The Labute approximate surface area is 117 Å². The van der Waals surface area contributed by atoms with Crippen molar-refractivity contribution in [2.45, 2.75) is 18.9 Å². The van der Waals surface area contributed by atoms with Gasteiger partial charge in [-0.15, -0.1) is 0 Å². The Kier molecular flexibility index (Phi) is 4.71. The van der Waals surface area contributed by atoms with Crippen molar-refractivity contribution in [1.29, 1.82) is 0 Å². The third-order valence-corrected chi connectivity index (χ3v) is 3.11. The quantitative estimate of drug-likeness (QED) is 0.871. The molecule has 4 heteroatoms. The van der Waals surface area contributed by atoms with Gasteiger partial charge in [0.25, 0.3) is 0 Å². The van der Waals surface area contributed by atoms with Crippen LogP contribution >= 0.6 is 0 Å². The molecule has 0 fully saturated rings. The first kappa shape index (κ1) is 14.1. The summed E-state index contributed by atoms with van der Waals surface area (Å²) in [5, 5.41) is 11.4. The molecule has 0 spiro atoms. The third kappa shape index (κ3) is 4.09. The Hall–Kier alpha value is -2.36. The molecule has 2 aromatic carbocycles. The number of amides is 1. The molecule has 0 saturated carbocycles. The summed E-state index contributed by atoms with van der Waals surface area (Å²) in [6, 6.07) is 15.5. The molecule has 0 radical (unpaired) electrons. The van der Waals surface area contributed by atoms with Crippen molar-refractivity contribution in [3.63, 3.8) is 0 Å². The molecular weight excluding hydrogens is 257 g/mol. The average Bonchev–Trinajstić information content (AvgIpc) is 2.44. The van der Waals surface area contributed by atoms with E-state index in [4.69, 9.17) is 5.11 Å². The van der Waals surface area contributed by atoms with E-state index in [1.165, 1.54) is 12.1 Å². The van der Waals surface area contributed by atoms with Crippen LogP contribution in [0.5, 0.6) is 0 Å². The minimum atomic E-state index is -1.06. The molecule has 3 nitrogen and oxygen atoms in total. The van der Waals surface area contributed by atoms with E-state index < -0.39 is 6.09 Å². The first-order chi connectivity index (χ1) is 9.65. The highest BCUT2D eigenvalue weighted by molar-refractivity contribution is 5.65. The van der Waals surface area contributed by atoms with Gasteiger partial charge in [-0.3, -0.25) is 0 Å². The van der Waals surface area contributed by atoms with Crippen LogP contribution in [0.25, 0.3) is 0 Å². The number of halogens is 1. The van der Waals surface area contributed by atoms with Crippen molar-refractivity contribution in [1.82, 2.24) is 5.32 Å². The van der Waals surface area contributed by atoms with E-state index in [0.717, 1.165) is 11.1 Å². The Bertz CT molecular complexity index is 572. The summed E-state index contributed by atoms with van der Waals surface area (Å²) in [6.45, 7) is 0. The zero-order valence-corrected chi connectivity index (χ0v) is 10.9. The fraction of sp³-hybridized carbons (Fsp3) is 0.188. The van der Waals surface area contributed by atoms with Gasteiger partial charge in [0.1, 0.15) is 5.82 Å². The van der Waals surface area contributed by atoms with Gasteiger partial charge in [0.15, 0.2) is 0 Å². The highest BCUT2D eigenvalue weighted by Crippen LogP contribution is 2.19. The molecule has 2 rings (SSSR count). The molecule has 104 valence electrons. The zero-order chi connectivity index (χ0) is 14.4. The lowest BCUT2D eigenvalue weighted by Crippen LogP contribution is -2.27. The normalized spacial score (nSPS) is 11.8. The number of carboxylic acid groups (broad SMARTS) is 1. The van der Waals surface area contributed by atoms with Crippen molar-refractivity contribution in [2.75, 3.05) is 0 Å². The standard InChI is InChI=1S/C16H16FNO2/c17-14-8-4-5-12(11-14)9-10-15(18-16(19)20)13-6-2-1-3-7-13/h1-8,11,15,18H,9-10H2,(H,19,20). The average molecular weight is 273 g/mol. The minimum Gasteiger partial charge on any atom is -0.465 e. The second-order valence-electron chi connectivity index (χ2n) is 4.58. The van der Waals surface area contributed by atoms with Gasteiger partial charge in [0.05, 0.1) is 6.04 Å². The number of hydrogen-bond donors (Lipinski definition) is 2. The van der Waals surface area contributed by atoms with Crippen LogP contribution < -0.4 is 5.32 Å². The third-order valence-electron chi connectivity index (χ3n) is 3.11. The number of hydrogen-bond acceptors (Lipinski definition) is 1. The van der Waals surface area contributed by atoms with Gasteiger partial charge in [0, 0.05) is 0 Å².